The minimum atomic E-state index is -0.934. The quantitative estimate of drug-likeness (QED) is 0.721. The van der Waals surface area contributed by atoms with E-state index in [1.807, 2.05) is 0 Å². The van der Waals surface area contributed by atoms with Crippen molar-refractivity contribution in [2.75, 3.05) is 25.4 Å². The van der Waals surface area contributed by atoms with Crippen LogP contribution in [0.2, 0.25) is 0 Å². The predicted molar refractivity (Wildman–Crippen MR) is 63.9 cm³/mol. The number of carboxylic acid groups (broad SMARTS) is 1. The van der Waals surface area contributed by atoms with Gasteiger partial charge in [-0.1, -0.05) is 18.7 Å². The third kappa shape index (κ3) is 4.64. The van der Waals surface area contributed by atoms with E-state index in [4.69, 9.17) is 5.11 Å². The Kier molecular flexibility index (Phi) is 5.27. The maximum Gasteiger partial charge on any atom is 0.308 e. The molecule has 1 fully saturated rings. The number of hydrogen-bond donors (Lipinski definition) is 2. The van der Waals surface area contributed by atoms with Crippen LogP contribution in [0.1, 0.15) is 13.3 Å². The van der Waals surface area contributed by atoms with Gasteiger partial charge in [-0.3, -0.25) is 14.4 Å². The molecule has 0 spiro atoms. The SMILES string of the molecule is CC(CNC(=O)CCN1CCSC1=O)C(=O)O. The lowest BCUT2D eigenvalue weighted by atomic mass is 10.2. The highest BCUT2D eigenvalue weighted by atomic mass is 32.2. The molecule has 96 valence electrons. The summed E-state index contributed by atoms with van der Waals surface area (Å²) >= 11 is 1.26. The fourth-order valence-electron chi connectivity index (χ4n) is 1.31. The number of nitrogens with zero attached hydrogens (tertiary/aromatic N) is 1. The van der Waals surface area contributed by atoms with Gasteiger partial charge in [0.2, 0.25) is 5.91 Å². The lowest BCUT2D eigenvalue weighted by molar-refractivity contribution is -0.141. The van der Waals surface area contributed by atoms with Gasteiger partial charge >= 0.3 is 5.97 Å². The molecule has 1 unspecified atom stereocenters. The van der Waals surface area contributed by atoms with E-state index < -0.39 is 11.9 Å². The zero-order valence-corrected chi connectivity index (χ0v) is 10.5. The zero-order chi connectivity index (χ0) is 12.8. The van der Waals surface area contributed by atoms with Crippen molar-refractivity contribution < 1.29 is 19.5 Å². The molecule has 1 heterocycles. The van der Waals surface area contributed by atoms with E-state index in [0.717, 1.165) is 5.75 Å². The Balaban J connectivity index is 2.17. The van der Waals surface area contributed by atoms with Crippen LogP contribution in [-0.2, 0) is 9.59 Å². The van der Waals surface area contributed by atoms with Crippen LogP contribution in [0.3, 0.4) is 0 Å². The summed E-state index contributed by atoms with van der Waals surface area (Å²) in [5, 5.41) is 11.2. The Hall–Kier alpha value is -1.24. The summed E-state index contributed by atoms with van der Waals surface area (Å²) in [6, 6.07) is 0. The normalized spacial score (nSPS) is 17.0. The van der Waals surface area contributed by atoms with E-state index in [1.54, 1.807) is 4.90 Å². The van der Waals surface area contributed by atoms with Crippen molar-refractivity contribution in [3.05, 3.63) is 0 Å². The molecule has 1 saturated heterocycles. The number of nitrogens with one attached hydrogen (secondary N) is 1. The van der Waals surface area contributed by atoms with Crippen molar-refractivity contribution in [3.63, 3.8) is 0 Å². The van der Waals surface area contributed by atoms with Crippen molar-refractivity contribution in [3.8, 4) is 0 Å². The van der Waals surface area contributed by atoms with Gasteiger partial charge in [-0.25, -0.2) is 0 Å². The molecule has 0 radical (unpaired) electrons. The molecule has 0 aromatic rings. The van der Waals surface area contributed by atoms with Crippen LogP contribution in [0.25, 0.3) is 0 Å². The van der Waals surface area contributed by atoms with Crippen LogP contribution in [-0.4, -0.2) is 52.5 Å². The van der Waals surface area contributed by atoms with Crippen LogP contribution in [0.5, 0.6) is 0 Å². The predicted octanol–water partition coefficient (Wildman–Crippen LogP) is 0.382. The minimum absolute atomic E-state index is 0.0108. The first-order chi connectivity index (χ1) is 8.00. The third-order valence-corrected chi connectivity index (χ3v) is 3.37. The Morgan fingerprint density at radius 1 is 1.59 bits per heavy atom. The summed E-state index contributed by atoms with van der Waals surface area (Å²) in [6.07, 6.45) is 0.221. The molecule has 0 aromatic carbocycles. The van der Waals surface area contributed by atoms with E-state index in [9.17, 15) is 14.4 Å². The second kappa shape index (κ2) is 6.48. The first kappa shape index (κ1) is 13.8. The number of carbonyl (C=O) groups excluding carboxylic acids is 2. The lowest BCUT2D eigenvalue weighted by Gasteiger charge is -2.14. The van der Waals surface area contributed by atoms with Gasteiger partial charge in [0.1, 0.15) is 0 Å². The van der Waals surface area contributed by atoms with E-state index in [2.05, 4.69) is 5.32 Å². The molecule has 1 aliphatic rings. The van der Waals surface area contributed by atoms with E-state index in [1.165, 1.54) is 18.7 Å². The molecular weight excluding hydrogens is 244 g/mol. The maximum absolute atomic E-state index is 11.4. The number of hydrogen-bond acceptors (Lipinski definition) is 4. The van der Waals surface area contributed by atoms with Crippen LogP contribution < -0.4 is 5.32 Å². The largest absolute Gasteiger partial charge is 0.481 e. The summed E-state index contributed by atoms with van der Waals surface area (Å²) < 4.78 is 0. The monoisotopic (exact) mass is 260 g/mol. The van der Waals surface area contributed by atoms with E-state index in [0.29, 0.717) is 13.1 Å². The number of rotatable bonds is 6. The highest BCUT2D eigenvalue weighted by Crippen LogP contribution is 2.16. The molecule has 0 aliphatic carbocycles. The molecular formula is C10H16N2O4S. The molecule has 6 nitrogen and oxygen atoms in total. The van der Waals surface area contributed by atoms with Gasteiger partial charge in [-0.15, -0.1) is 0 Å². The van der Waals surface area contributed by atoms with Crippen molar-refractivity contribution in [1.82, 2.24) is 10.2 Å². The van der Waals surface area contributed by atoms with Crippen LogP contribution in [0.15, 0.2) is 0 Å². The number of carboxylic acids is 1. The molecule has 0 aromatic heterocycles. The van der Waals surface area contributed by atoms with Gasteiger partial charge in [0, 0.05) is 31.8 Å². The van der Waals surface area contributed by atoms with Gasteiger partial charge in [0.05, 0.1) is 5.92 Å². The fraction of sp³-hybridized carbons (Fsp3) is 0.700. The van der Waals surface area contributed by atoms with Gasteiger partial charge < -0.3 is 15.3 Å². The lowest BCUT2D eigenvalue weighted by Crippen LogP contribution is -2.34. The van der Waals surface area contributed by atoms with Crippen molar-refractivity contribution in [2.45, 2.75) is 13.3 Å². The van der Waals surface area contributed by atoms with E-state index in [-0.39, 0.29) is 24.1 Å². The molecule has 1 rings (SSSR count). The number of thioether (sulfide) groups is 1. The fourth-order valence-corrected chi connectivity index (χ4v) is 2.16. The molecule has 7 heteroatoms. The van der Waals surface area contributed by atoms with Crippen molar-refractivity contribution in [2.24, 2.45) is 5.92 Å². The molecule has 2 N–H and O–H groups in total. The topological polar surface area (TPSA) is 86.7 Å². The van der Waals surface area contributed by atoms with E-state index >= 15 is 0 Å². The third-order valence-electron chi connectivity index (χ3n) is 2.48. The van der Waals surface area contributed by atoms with Gasteiger partial charge in [-0.05, 0) is 0 Å². The summed E-state index contributed by atoms with van der Waals surface area (Å²) in [5.41, 5.74) is 0. The summed E-state index contributed by atoms with van der Waals surface area (Å²) in [7, 11) is 0. The maximum atomic E-state index is 11.4. The molecule has 2 amide bonds. The Morgan fingerprint density at radius 2 is 2.29 bits per heavy atom. The Morgan fingerprint density at radius 3 is 2.82 bits per heavy atom. The van der Waals surface area contributed by atoms with Crippen LogP contribution in [0, 0.1) is 5.92 Å². The second-order valence-corrected chi connectivity index (χ2v) is 4.94. The first-order valence-electron chi connectivity index (χ1n) is 5.42. The number of amides is 2. The van der Waals surface area contributed by atoms with Crippen LogP contribution in [0.4, 0.5) is 4.79 Å². The van der Waals surface area contributed by atoms with Gasteiger partial charge in [0.15, 0.2) is 0 Å². The van der Waals surface area contributed by atoms with Crippen molar-refractivity contribution in [1.29, 1.82) is 0 Å². The minimum Gasteiger partial charge on any atom is -0.481 e. The molecule has 1 atom stereocenters. The standard InChI is InChI=1S/C10H16N2O4S/c1-7(9(14)15)6-11-8(13)2-3-12-4-5-17-10(12)16/h7H,2-6H2,1H3,(H,11,13)(H,14,15). The van der Waals surface area contributed by atoms with Crippen LogP contribution >= 0.6 is 11.8 Å². The van der Waals surface area contributed by atoms with Gasteiger partial charge in [-0.2, -0.15) is 0 Å². The molecule has 17 heavy (non-hydrogen) atoms. The number of carbonyl (C=O) groups is 3. The average molecular weight is 260 g/mol. The highest BCUT2D eigenvalue weighted by Gasteiger charge is 2.21. The summed E-state index contributed by atoms with van der Waals surface area (Å²) in [4.78, 5) is 34.8. The average Bonchev–Trinajstić information content (AvgIpc) is 2.68. The molecule has 0 saturated carbocycles. The first-order valence-corrected chi connectivity index (χ1v) is 6.40. The van der Waals surface area contributed by atoms with Crippen molar-refractivity contribution >= 4 is 28.9 Å². The Bertz CT molecular complexity index is 321. The smallest absolute Gasteiger partial charge is 0.308 e. The zero-order valence-electron chi connectivity index (χ0n) is 9.64. The molecule has 1 aliphatic heterocycles. The molecule has 0 bridgehead atoms. The number of aliphatic carboxylic acids is 1. The van der Waals surface area contributed by atoms with Gasteiger partial charge in [0.25, 0.3) is 5.24 Å². The Labute approximate surface area is 104 Å². The second-order valence-electron chi connectivity index (χ2n) is 3.89. The summed E-state index contributed by atoms with van der Waals surface area (Å²) in [5.74, 6) is -0.974. The highest BCUT2D eigenvalue weighted by molar-refractivity contribution is 8.13. The summed E-state index contributed by atoms with van der Waals surface area (Å²) in [6.45, 7) is 2.74.